The number of carboxylic acid groups (broad SMARTS) is 1. The number of pyridine rings is 1. The molecule has 0 radical (unpaired) electrons. The van der Waals surface area contributed by atoms with E-state index in [0.717, 1.165) is 47.3 Å². The summed E-state index contributed by atoms with van der Waals surface area (Å²) in [6.07, 6.45) is 2.57. The van der Waals surface area contributed by atoms with Gasteiger partial charge in [0.2, 0.25) is 0 Å². The molecule has 2 atom stereocenters. The molecule has 2 unspecified atom stereocenters. The van der Waals surface area contributed by atoms with Crippen molar-refractivity contribution in [3.05, 3.63) is 71.9 Å². The van der Waals surface area contributed by atoms with E-state index < -0.39 is 12.0 Å². The highest BCUT2D eigenvalue weighted by Crippen LogP contribution is 2.35. The molecule has 28 heavy (non-hydrogen) atoms. The number of carboxylic acids is 1. The Bertz CT molecular complexity index is 988. The number of ether oxygens (including phenoxy) is 1. The van der Waals surface area contributed by atoms with Crippen molar-refractivity contribution in [3.8, 4) is 5.75 Å². The zero-order valence-corrected chi connectivity index (χ0v) is 15.9. The van der Waals surface area contributed by atoms with Crippen LogP contribution in [0.25, 0.3) is 10.9 Å². The van der Waals surface area contributed by atoms with Crippen molar-refractivity contribution < 1.29 is 14.6 Å². The molecule has 1 fully saturated rings. The maximum atomic E-state index is 12.0. The first-order valence-electron chi connectivity index (χ1n) is 9.65. The van der Waals surface area contributed by atoms with E-state index in [4.69, 9.17) is 9.72 Å². The van der Waals surface area contributed by atoms with Gasteiger partial charge in [-0.2, -0.15) is 0 Å². The molecule has 0 bridgehead atoms. The molecule has 0 saturated carbocycles. The van der Waals surface area contributed by atoms with Gasteiger partial charge in [-0.3, -0.25) is 14.7 Å². The number of aromatic nitrogens is 1. The zero-order valence-electron chi connectivity index (χ0n) is 15.9. The summed E-state index contributed by atoms with van der Waals surface area (Å²) in [5.74, 6) is -0.0134. The van der Waals surface area contributed by atoms with Gasteiger partial charge in [0, 0.05) is 5.39 Å². The Morgan fingerprint density at radius 3 is 2.82 bits per heavy atom. The Balaban J connectivity index is 1.85. The lowest BCUT2D eigenvalue weighted by molar-refractivity contribution is -0.145. The van der Waals surface area contributed by atoms with Gasteiger partial charge < -0.3 is 9.84 Å². The summed E-state index contributed by atoms with van der Waals surface area (Å²) in [6, 6.07) is 19.2. The number of nitrogens with zero attached hydrogens (tertiary/aromatic N) is 2. The predicted octanol–water partition coefficient (Wildman–Crippen LogP) is 4.27. The fourth-order valence-corrected chi connectivity index (χ4v) is 4.11. The lowest BCUT2D eigenvalue weighted by Crippen LogP contribution is -2.47. The molecule has 5 nitrogen and oxygen atoms in total. The van der Waals surface area contributed by atoms with Crippen LogP contribution < -0.4 is 4.74 Å². The van der Waals surface area contributed by atoms with Crippen LogP contribution in [-0.2, 0) is 4.79 Å². The lowest BCUT2D eigenvalue weighted by atomic mass is 9.93. The van der Waals surface area contributed by atoms with Crippen LogP contribution in [0.2, 0.25) is 0 Å². The van der Waals surface area contributed by atoms with E-state index in [-0.39, 0.29) is 6.04 Å². The second kappa shape index (κ2) is 7.98. The van der Waals surface area contributed by atoms with E-state index in [1.165, 1.54) is 0 Å². The first-order chi connectivity index (χ1) is 13.7. The van der Waals surface area contributed by atoms with Gasteiger partial charge in [0.1, 0.15) is 11.8 Å². The monoisotopic (exact) mass is 376 g/mol. The van der Waals surface area contributed by atoms with Crippen molar-refractivity contribution in [2.75, 3.05) is 13.7 Å². The standard InChI is InChI=1S/C23H24N2O3/c1-28-18-9-6-8-17(15-18)22(25-14-5-4-11-21(25)23(26)27)20-13-12-16-7-2-3-10-19(16)24-20/h2-3,6-10,12-13,15,21-22H,4-5,11,14H2,1H3,(H,26,27). The van der Waals surface area contributed by atoms with Crippen molar-refractivity contribution in [1.82, 2.24) is 9.88 Å². The highest BCUT2D eigenvalue weighted by Gasteiger charge is 2.35. The van der Waals surface area contributed by atoms with E-state index in [1.54, 1.807) is 7.11 Å². The van der Waals surface area contributed by atoms with Gasteiger partial charge in [0.05, 0.1) is 24.4 Å². The molecule has 2 heterocycles. The van der Waals surface area contributed by atoms with Crippen LogP contribution in [0.15, 0.2) is 60.7 Å². The van der Waals surface area contributed by atoms with E-state index in [9.17, 15) is 9.90 Å². The fraction of sp³-hybridized carbons (Fsp3) is 0.304. The predicted molar refractivity (Wildman–Crippen MR) is 109 cm³/mol. The van der Waals surface area contributed by atoms with Crippen molar-refractivity contribution in [3.63, 3.8) is 0 Å². The Morgan fingerprint density at radius 2 is 2.00 bits per heavy atom. The topological polar surface area (TPSA) is 62.7 Å². The van der Waals surface area contributed by atoms with Crippen LogP contribution in [0.1, 0.15) is 36.6 Å². The number of piperidine rings is 1. The highest BCUT2D eigenvalue weighted by molar-refractivity contribution is 5.78. The number of likely N-dealkylation sites (tertiary alicyclic amines) is 1. The second-order valence-electron chi connectivity index (χ2n) is 7.20. The van der Waals surface area contributed by atoms with Crippen LogP contribution in [0.3, 0.4) is 0 Å². The summed E-state index contributed by atoms with van der Waals surface area (Å²) in [5, 5.41) is 10.9. The third kappa shape index (κ3) is 3.58. The number of para-hydroxylation sites is 1. The molecule has 0 amide bonds. The minimum Gasteiger partial charge on any atom is -0.497 e. The molecule has 1 aliphatic heterocycles. The number of hydrogen-bond donors (Lipinski definition) is 1. The Kier molecular flexibility index (Phi) is 5.26. The zero-order chi connectivity index (χ0) is 19.5. The number of hydrogen-bond acceptors (Lipinski definition) is 4. The average Bonchev–Trinajstić information content (AvgIpc) is 2.74. The van der Waals surface area contributed by atoms with Crippen molar-refractivity contribution in [2.45, 2.75) is 31.3 Å². The maximum absolute atomic E-state index is 12.0. The summed E-state index contributed by atoms with van der Waals surface area (Å²) in [5.41, 5.74) is 2.77. The number of benzene rings is 2. The molecule has 5 heteroatoms. The van der Waals surface area contributed by atoms with Gasteiger partial charge in [-0.1, -0.05) is 42.8 Å². The summed E-state index contributed by atoms with van der Waals surface area (Å²) in [6.45, 7) is 0.730. The number of methoxy groups -OCH3 is 1. The van der Waals surface area contributed by atoms with Gasteiger partial charge in [0.25, 0.3) is 0 Å². The number of fused-ring (bicyclic) bond motifs is 1. The molecule has 0 aliphatic carbocycles. The Hall–Kier alpha value is -2.92. The Labute approximate surface area is 164 Å². The summed E-state index contributed by atoms with van der Waals surface area (Å²) in [4.78, 5) is 19.0. The van der Waals surface area contributed by atoms with Crippen LogP contribution >= 0.6 is 0 Å². The molecule has 1 aromatic heterocycles. The minimum absolute atomic E-state index is 0.235. The summed E-state index contributed by atoms with van der Waals surface area (Å²) in [7, 11) is 1.64. The third-order valence-corrected chi connectivity index (χ3v) is 5.47. The van der Waals surface area contributed by atoms with Gasteiger partial charge in [0.15, 0.2) is 0 Å². The maximum Gasteiger partial charge on any atom is 0.320 e. The summed E-state index contributed by atoms with van der Waals surface area (Å²) < 4.78 is 5.42. The molecule has 0 spiro atoms. The molecule has 3 aromatic rings. The first kappa shape index (κ1) is 18.4. The van der Waals surface area contributed by atoms with Gasteiger partial charge in [-0.25, -0.2) is 0 Å². The molecule has 1 N–H and O–H groups in total. The third-order valence-electron chi connectivity index (χ3n) is 5.47. The molecular formula is C23H24N2O3. The Morgan fingerprint density at radius 1 is 1.14 bits per heavy atom. The van der Waals surface area contributed by atoms with Crippen LogP contribution in [-0.4, -0.2) is 40.7 Å². The molecule has 1 aliphatic rings. The smallest absolute Gasteiger partial charge is 0.320 e. The van der Waals surface area contributed by atoms with Crippen molar-refractivity contribution in [1.29, 1.82) is 0 Å². The quantitative estimate of drug-likeness (QED) is 0.720. The van der Waals surface area contributed by atoms with Gasteiger partial charge >= 0.3 is 5.97 Å². The van der Waals surface area contributed by atoms with E-state index in [2.05, 4.69) is 11.0 Å². The molecule has 1 saturated heterocycles. The van der Waals surface area contributed by atoms with Crippen LogP contribution in [0.5, 0.6) is 5.75 Å². The van der Waals surface area contributed by atoms with Crippen LogP contribution in [0.4, 0.5) is 0 Å². The second-order valence-corrected chi connectivity index (χ2v) is 7.20. The normalized spacial score (nSPS) is 18.7. The van der Waals surface area contributed by atoms with Gasteiger partial charge in [-0.15, -0.1) is 0 Å². The molecule has 4 rings (SSSR count). The number of aliphatic carboxylic acids is 1. The van der Waals surface area contributed by atoms with E-state index in [1.807, 2.05) is 54.6 Å². The lowest BCUT2D eigenvalue weighted by Gasteiger charge is -2.39. The average molecular weight is 376 g/mol. The van der Waals surface area contributed by atoms with Crippen molar-refractivity contribution >= 4 is 16.9 Å². The van der Waals surface area contributed by atoms with E-state index in [0.29, 0.717) is 6.42 Å². The minimum atomic E-state index is -0.770. The number of rotatable bonds is 5. The number of carbonyl (C=O) groups is 1. The van der Waals surface area contributed by atoms with E-state index >= 15 is 0 Å². The largest absolute Gasteiger partial charge is 0.497 e. The van der Waals surface area contributed by atoms with Crippen molar-refractivity contribution in [2.24, 2.45) is 0 Å². The van der Waals surface area contributed by atoms with Crippen LogP contribution in [0, 0.1) is 0 Å². The molecular weight excluding hydrogens is 352 g/mol. The first-order valence-corrected chi connectivity index (χ1v) is 9.65. The molecule has 144 valence electrons. The highest BCUT2D eigenvalue weighted by atomic mass is 16.5. The molecule has 2 aromatic carbocycles. The fourth-order valence-electron chi connectivity index (χ4n) is 4.11. The summed E-state index contributed by atoms with van der Waals surface area (Å²) >= 11 is 0. The SMILES string of the molecule is COc1cccc(C(c2ccc3ccccc3n2)N2CCCCC2C(=O)O)c1. The van der Waals surface area contributed by atoms with Gasteiger partial charge in [-0.05, 0) is 49.2 Å².